The van der Waals surface area contributed by atoms with Crippen LogP contribution in [0.15, 0.2) is 28.4 Å². The van der Waals surface area contributed by atoms with Crippen LogP contribution in [0.2, 0.25) is 0 Å². The highest BCUT2D eigenvalue weighted by molar-refractivity contribution is 5.22. The first-order valence-electron chi connectivity index (χ1n) is 4.51. The van der Waals surface area contributed by atoms with Crippen molar-refractivity contribution >= 4 is 0 Å². The second-order valence-corrected chi connectivity index (χ2v) is 3.50. The van der Waals surface area contributed by atoms with Gasteiger partial charge in [0.05, 0.1) is 12.3 Å². The number of aryl methyl sites for hydroxylation is 1. The van der Waals surface area contributed by atoms with E-state index in [-0.39, 0.29) is 6.04 Å². The Morgan fingerprint density at radius 3 is 2.62 bits per heavy atom. The molecule has 1 heterocycles. The topological polar surface area (TPSA) is 25.2 Å². The zero-order valence-corrected chi connectivity index (χ0v) is 8.72. The Labute approximate surface area is 79.6 Å². The van der Waals surface area contributed by atoms with Crippen molar-refractivity contribution in [2.75, 3.05) is 7.05 Å². The fourth-order valence-electron chi connectivity index (χ4n) is 1.31. The van der Waals surface area contributed by atoms with Gasteiger partial charge in [-0.25, -0.2) is 0 Å². The molecule has 0 bridgehead atoms. The number of rotatable bonds is 3. The predicted molar refractivity (Wildman–Crippen MR) is 54.7 cm³/mol. The van der Waals surface area contributed by atoms with Gasteiger partial charge in [-0.1, -0.05) is 11.6 Å². The lowest BCUT2D eigenvalue weighted by atomic mass is 10.1. The highest BCUT2D eigenvalue weighted by atomic mass is 16.3. The van der Waals surface area contributed by atoms with E-state index in [0.717, 1.165) is 5.76 Å². The van der Waals surface area contributed by atoms with Crippen LogP contribution in [-0.4, -0.2) is 7.05 Å². The Morgan fingerprint density at radius 1 is 1.54 bits per heavy atom. The summed E-state index contributed by atoms with van der Waals surface area (Å²) in [7, 11) is 1.95. The normalized spacial score (nSPS) is 12.6. The van der Waals surface area contributed by atoms with Gasteiger partial charge in [0.25, 0.3) is 0 Å². The standard InChI is InChI=1S/C11H17NO/c1-8(2)5-11(12-4)10-6-9(3)13-7-10/h5-7,11-12H,1-4H3. The van der Waals surface area contributed by atoms with Gasteiger partial charge in [0, 0.05) is 5.56 Å². The fraction of sp³-hybridized carbons (Fsp3) is 0.455. The molecule has 1 rings (SSSR count). The van der Waals surface area contributed by atoms with E-state index >= 15 is 0 Å². The summed E-state index contributed by atoms with van der Waals surface area (Å²) in [6.07, 6.45) is 3.99. The molecule has 0 fully saturated rings. The summed E-state index contributed by atoms with van der Waals surface area (Å²) in [6, 6.07) is 2.32. The number of hydrogen-bond donors (Lipinski definition) is 1. The van der Waals surface area contributed by atoms with Crippen LogP contribution >= 0.6 is 0 Å². The van der Waals surface area contributed by atoms with Gasteiger partial charge in [-0.05, 0) is 33.9 Å². The molecule has 1 aromatic heterocycles. The average Bonchev–Trinajstić information content (AvgIpc) is 2.47. The highest BCUT2D eigenvalue weighted by Gasteiger charge is 2.07. The molecule has 1 aromatic rings. The van der Waals surface area contributed by atoms with Crippen LogP contribution in [0.4, 0.5) is 0 Å². The fourth-order valence-corrected chi connectivity index (χ4v) is 1.31. The summed E-state index contributed by atoms with van der Waals surface area (Å²) in [4.78, 5) is 0. The Morgan fingerprint density at radius 2 is 2.23 bits per heavy atom. The first-order chi connectivity index (χ1) is 6.13. The summed E-state index contributed by atoms with van der Waals surface area (Å²) >= 11 is 0. The minimum absolute atomic E-state index is 0.266. The summed E-state index contributed by atoms with van der Waals surface area (Å²) in [6.45, 7) is 6.15. The Bertz CT molecular complexity index is 295. The highest BCUT2D eigenvalue weighted by Crippen LogP contribution is 2.18. The molecule has 2 nitrogen and oxygen atoms in total. The quantitative estimate of drug-likeness (QED) is 0.722. The molecule has 2 heteroatoms. The predicted octanol–water partition coefficient (Wildman–Crippen LogP) is 2.81. The molecule has 72 valence electrons. The van der Waals surface area contributed by atoms with Crippen LogP contribution in [0.25, 0.3) is 0 Å². The summed E-state index contributed by atoms with van der Waals surface area (Å²) in [5.74, 6) is 0.956. The van der Waals surface area contributed by atoms with Crippen molar-refractivity contribution in [3.63, 3.8) is 0 Å². The first-order valence-corrected chi connectivity index (χ1v) is 4.51. The van der Waals surface area contributed by atoms with Crippen LogP contribution in [0.3, 0.4) is 0 Å². The van der Waals surface area contributed by atoms with Gasteiger partial charge < -0.3 is 9.73 Å². The smallest absolute Gasteiger partial charge is 0.101 e. The number of hydrogen-bond acceptors (Lipinski definition) is 2. The van der Waals surface area contributed by atoms with E-state index in [2.05, 4.69) is 31.3 Å². The molecule has 1 unspecified atom stereocenters. The minimum atomic E-state index is 0.266. The van der Waals surface area contributed by atoms with Crippen molar-refractivity contribution in [1.82, 2.24) is 5.32 Å². The molecule has 13 heavy (non-hydrogen) atoms. The summed E-state index contributed by atoms with van der Waals surface area (Å²) in [5, 5.41) is 3.23. The third-order valence-corrected chi connectivity index (χ3v) is 1.92. The summed E-state index contributed by atoms with van der Waals surface area (Å²) in [5.41, 5.74) is 2.49. The Kier molecular flexibility index (Phi) is 3.32. The zero-order chi connectivity index (χ0) is 9.84. The minimum Gasteiger partial charge on any atom is -0.469 e. The lowest BCUT2D eigenvalue weighted by Crippen LogP contribution is -2.13. The van der Waals surface area contributed by atoms with Crippen LogP contribution in [0, 0.1) is 6.92 Å². The SMILES string of the molecule is CNC(C=C(C)C)c1coc(C)c1. The monoisotopic (exact) mass is 179 g/mol. The van der Waals surface area contributed by atoms with Gasteiger partial charge in [-0.3, -0.25) is 0 Å². The van der Waals surface area contributed by atoms with Gasteiger partial charge in [0.15, 0.2) is 0 Å². The number of nitrogens with one attached hydrogen (secondary N) is 1. The molecule has 0 aliphatic carbocycles. The Balaban J connectivity index is 2.84. The number of likely N-dealkylation sites (N-methyl/N-ethyl adjacent to an activating group) is 1. The zero-order valence-electron chi connectivity index (χ0n) is 8.72. The van der Waals surface area contributed by atoms with Crippen molar-refractivity contribution < 1.29 is 4.42 Å². The van der Waals surface area contributed by atoms with Crippen LogP contribution in [-0.2, 0) is 0 Å². The van der Waals surface area contributed by atoms with Crippen molar-refractivity contribution in [1.29, 1.82) is 0 Å². The number of allylic oxidation sites excluding steroid dienone is 1. The molecular weight excluding hydrogens is 162 g/mol. The van der Waals surface area contributed by atoms with E-state index in [1.165, 1.54) is 11.1 Å². The maximum absolute atomic E-state index is 5.26. The maximum atomic E-state index is 5.26. The van der Waals surface area contributed by atoms with Gasteiger partial charge in [0.2, 0.25) is 0 Å². The second-order valence-electron chi connectivity index (χ2n) is 3.50. The molecule has 0 spiro atoms. The molecule has 0 radical (unpaired) electrons. The molecule has 0 saturated carbocycles. The van der Waals surface area contributed by atoms with E-state index in [1.807, 2.05) is 14.0 Å². The van der Waals surface area contributed by atoms with E-state index in [0.29, 0.717) is 0 Å². The Hall–Kier alpha value is -1.02. The van der Waals surface area contributed by atoms with E-state index < -0.39 is 0 Å². The molecule has 1 N–H and O–H groups in total. The second kappa shape index (κ2) is 4.28. The van der Waals surface area contributed by atoms with Crippen molar-refractivity contribution in [3.05, 3.63) is 35.3 Å². The third-order valence-electron chi connectivity index (χ3n) is 1.92. The third kappa shape index (κ3) is 2.74. The molecular formula is C11H17NO. The van der Waals surface area contributed by atoms with Crippen molar-refractivity contribution in [2.45, 2.75) is 26.8 Å². The molecule has 0 aliphatic heterocycles. The van der Waals surface area contributed by atoms with Gasteiger partial charge in [0.1, 0.15) is 5.76 Å². The van der Waals surface area contributed by atoms with Gasteiger partial charge in [-0.15, -0.1) is 0 Å². The van der Waals surface area contributed by atoms with E-state index in [4.69, 9.17) is 4.42 Å². The summed E-state index contributed by atoms with van der Waals surface area (Å²) < 4.78 is 5.26. The molecule has 0 aliphatic rings. The van der Waals surface area contributed by atoms with Crippen LogP contribution < -0.4 is 5.32 Å². The van der Waals surface area contributed by atoms with Crippen LogP contribution in [0.1, 0.15) is 31.2 Å². The van der Waals surface area contributed by atoms with Gasteiger partial charge >= 0.3 is 0 Å². The van der Waals surface area contributed by atoms with Crippen molar-refractivity contribution in [3.8, 4) is 0 Å². The maximum Gasteiger partial charge on any atom is 0.101 e. The molecule has 0 saturated heterocycles. The first kappa shape index (κ1) is 10.1. The molecule has 1 atom stereocenters. The molecule has 0 aromatic carbocycles. The lowest BCUT2D eigenvalue weighted by molar-refractivity contribution is 0.528. The van der Waals surface area contributed by atoms with Crippen molar-refractivity contribution in [2.24, 2.45) is 0 Å². The largest absolute Gasteiger partial charge is 0.469 e. The lowest BCUT2D eigenvalue weighted by Gasteiger charge is -2.09. The van der Waals surface area contributed by atoms with Crippen LogP contribution in [0.5, 0.6) is 0 Å². The van der Waals surface area contributed by atoms with E-state index in [1.54, 1.807) is 6.26 Å². The number of furan rings is 1. The van der Waals surface area contributed by atoms with E-state index in [9.17, 15) is 0 Å². The van der Waals surface area contributed by atoms with Gasteiger partial charge in [-0.2, -0.15) is 0 Å². The molecule has 0 amide bonds. The average molecular weight is 179 g/mol.